The molecule has 0 aliphatic heterocycles. The smallest absolute Gasteiger partial charge is 0.350 e. The second-order valence-electron chi connectivity index (χ2n) is 1.88. The molecule has 0 aliphatic rings. The lowest BCUT2D eigenvalue weighted by Gasteiger charge is -2.05. The predicted octanol–water partition coefficient (Wildman–Crippen LogP) is -1.18. The van der Waals surface area contributed by atoms with Gasteiger partial charge in [-0.3, -0.25) is 0 Å². The van der Waals surface area contributed by atoms with E-state index in [0.29, 0.717) is 0 Å². The van der Waals surface area contributed by atoms with Crippen molar-refractivity contribution in [1.29, 1.82) is 0 Å². The Morgan fingerprint density at radius 2 is 2.56 bits per heavy atom. The number of carbonyl (C=O) groups excluding carboxylic acids is 1. The third-order valence-electron chi connectivity index (χ3n) is 0.632. The van der Waals surface area contributed by atoms with Crippen molar-refractivity contribution in [3.63, 3.8) is 0 Å². The molecule has 3 heteroatoms. The number of hydrogen-bond donors (Lipinski definition) is 1. The average Bonchev–Trinajstić information content (AvgIpc) is 1.81. The molecule has 0 bridgehead atoms. The zero-order chi connectivity index (χ0) is 8.20. The molecule has 0 aromatic heterocycles. The fourth-order valence-electron chi connectivity index (χ4n) is 0.252. The molecule has 0 aliphatic carbocycles. The standard InChI is InChI=1S/C6H11NO2/c1-4-6(8)9-5-7(2)3/h4H,1,5H2,2-3H3/p+1/i/hD. The zero-order valence-electron chi connectivity index (χ0n) is 6.76. The maximum Gasteiger partial charge on any atom is 0.350 e. The van der Waals surface area contributed by atoms with Crippen LogP contribution in [0.5, 0.6) is 0 Å². The quantitative estimate of drug-likeness (QED) is 0.297. The lowest BCUT2D eigenvalue weighted by Crippen LogP contribution is -3.06. The fraction of sp³-hybridized carbons (Fsp3) is 0.500. The van der Waals surface area contributed by atoms with Crippen molar-refractivity contribution in [2.45, 2.75) is 0 Å². The third-order valence-corrected chi connectivity index (χ3v) is 0.632. The van der Waals surface area contributed by atoms with Gasteiger partial charge in [-0.25, -0.2) is 4.79 Å². The number of esters is 1. The van der Waals surface area contributed by atoms with E-state index in [4.69, 9.17) is 1.41 Å². The van der Waals surface area contributed by atoms with Crippen LogP contribution in [0.3, 0.4) is 0 Å². The fourth-order valence-corrected chi connectivity index (χ4v) is 0.252. The van der Waals surface area contributed by atoms with Gasteiger partial charge in [0.15, 0.2) is 0 Å². The molecule has 3 nitrogen and oxygen atoms in total. The van der Waals surface area contributed by atoms with E-state index in [0.717, 1.165) is 6.08 Å². The van der Waals surface area contributed by atoms with Crippen molar-refractivity contribution in [2.24, 2.45) is 0 Å². The average molecular weight is 131 g/mol. The molecule has 0 radical (unpaired) electrons. The maximum atomic E-state index is 10.4. The Balaban J connectivity index is 3.55. The van der Waals surface area contributed by atoms with Gasteiger partial charge in [-0.15, -0.1) is 0 Å². The van der Waals surface area contributed by atoms with Crippen LogP contribution in [0.2, 0.25) is 1.41 Å². The summed E-state index contributed by atoms with van der Waals surface area (Å²) in [6, 6.07) is 0. The Bertz CT molecular complexity index is 139. The Kier molecular flexibility index (Phi) is 2.86. The van der Waals surface area contributed by atoms with Crippen molar-refractivity contribution in [3.05, 3.63) is 12.7 Å². The summed E-state index contributed by atoms with van der Waals surface area (Å²) in [7, 11) is 3.22. The second kappa shape index (κ2) is 4.09. The number of nitrogens with one attached hydrogen (secondary N) is 1. The van der Waals surface area contributed by atoms with E-state index < -0.39 is 5.97 Å². The van der Waals surface area contributed by atoms with E-state index in [9.17, 15) is 4.79 Å². The minimum atomic E-state index is -0.488. The van der Waals surface area contributed by atoms with E-state index in [-0.39, 0.29) is 11.6 Å². The Morgan fingerprint density at radius 3 is 2.89 bits per heavy atom. The highest BCUT2D eigenvalue weighted by molar-refractivity contribution is 5.81. The molecule has 0 unspecified atom stereocenters. The molecule has 0 saturated heterocycles. The Hall–Kier alpha value is -0.830. The molecular weight excluding hydrogens is 118 g/mol. The highest BCUT2D eigenvalue weighted by atomic mass is 16.5. The zero-order valence-corrected chi connectivity index (χ0v) is 5.76. The first-order valence-electron chi connectivity index (χ1n) is 3.05. The summed E-state index contributed by atoms with van der Waals surface area (Å²) >= 11 is 0. The summed E-state index contributed by atoms with van der Waals surface area (Å²) in [5.41, 5.74) is 0. The summed E-state index contributed by atoms with van der Waals surface area (Å²) in [5.74, 6) is -0.488. The number of hydrogen-bond acceptors (Lipinski definition) is 2. The first kappa shape index (κ1) is 6.29. The van der Waals surface area contributed by atoms with Crippen molar-refractivity contribution >= 4 is 5.97 Å². The molecule has 0 aromatic carbocycles. The molecule has 0 rings (SSSR count). The van der Waals surface area contributed by atoms with Crippen LogP contribution in [0, 0.1) is 0 Å². The number of rotatable bonds is 3. The molecule has 0 heterocycles. The first-order valence-corrected chi connectivity index (χ1v) is 2.60. The van der Waals surface area contributed by atoms with E-state index in [2.05, 4.69) is 11.3 Å². The van der Waals surface area contributed by atoms with E-state index in [1.54, 1.807) is 14.1 Å². The molecule has 0 aromatic rings. The second-order valence-corrected chi connectivity index (χ2v) is 1.88. The Labute approximate surface area is 56.4 Å². The van der Waals surface area contributed by atoms with E-state index in [1.807, 2.05) is 0 Å². The molecule has 9 heavy (non-hydrogen) atoms. The summed E-state index contributed by atoms with van der Waals surface area (Å²) in [6.45, 7) is 3.27. The van der Waals surface area contributed by atoms with Crippen molar-refractivity contribution in [1.82, 2.24) is 0 Å². The predicted molar refractivity (Wildman–Crippen MR) is 34.0 cm³/mol. The molecule has 0 atom stereocenters. The summed E-state index contributed by atoms with van der Waals surface area (Å²) in [4.78, 5) is 10.3. The van der Waals surface area contributed by atoms with Gasteiger partial charge in [0.25, 0.3) is 0 Å². The monoisotopic (exact) mass is 131 g/mol. The minimum absolute atomic E-state index is 0.0465. The van der Waals surface area contributed by atoms with Gasteiger partial charge in [0, 0.05) is 6.08 Å². The lowest BCUT2D eigenvalue weighted by atomic mass is 10.7. The van der Waals surface area contributed by atoms with Crippen molar-refractivity contribution < 1.29 is 15.8 Å². The molecule has 0 saturated carbocycles. The van der Waals surface area contributed by atoms with Gasteiger partial charge in [-0.05, 0) is 0 Å². The summed E-state index contributed by atoms with van der Waals surface area (Å²) in [6.07, 6.45) is 1.08. The molecule has 0 amide bonds. The van der Waals surface area contributed by atoms with Gasteiger partial charge < -0.3 is 9.63 Å². The normalized spacial score (nSPS) is 12.0. The van der Waals surface area contributed by atoms with Gasteiger partial charge in [0.2, 0.25) is 6.73 Å². The highest BCUT2D eigenvalue weighted by Crippen LogP contribution is 1.71. The van der Waals surface area contributed by atoms with Crippen LogP contribution in [-0.2, 0) is 9.53 Å². The van der Waals surface area contributed by atoms with Crippen LogP contribution >= 0.6 is 0 Å². The van der Waals surface area contributed by atoms with Gasteiger partial charge in [-0.2, -0.15) is 0 Å². The highest BCUT2D eigenvalue weighted by Gasteiger charge is 1.96. The summed E-state index contributed by atoms with van der Waals surface area (Å²) in [5, 5.41) is 0. The van der Waals surface area contributed by atoms with Gasteiger partial charge in [0.1, 0.15) is 0 Å². The largest absolute Gasteiger partial charge is 0.412 e. The SMILES string of the molecule is [2H][N+](C)(C)COC(=O)C=C. The van der Waals surface area contributed by atoms with Crippen LogP contribution in [0.1, 0.15) is 0 Å². The summed E-state index contributed by atoms with van der Waals surface area (Å²) < 4.78 is 11.8. The first-order chi connectivity index (χ1) is 4.45. The maximum absolute atomic E-state index is 10.4. The molecule has 1 N–H and O–H groups in total. The van der Waals surface area contributed by atoms with Crippen LogP contribution in [-0.4, -0.2) is 26.8 Å². The third kappa shape index (κ3) is 5.03. The Morgan fingerprint density at radius 1 is 2.00 bits per heavy atom. The van der Waals surface area contributed by atoms with Crippen LogP contribution in [0.4, 0.5) is 0 Å². The van der Waals surface area contributed by atoms with Gasteiger partial charge >= 0.3 is 7.38 Å². The molecule has 0 spiro atoms. The van der Waals surface area contributed by atoms with E-state index >= 15 is 0 Å². The number of quaternary nitrogens is 1. The van der Waals surface area contributed by atoms with E-state index in [1.165, 1.54) is 0 Å². The van der Waals surface area contributed by atoms with Gasteiger partial charge in [0.05, 0.1) is 14.1 Å². The number of carbonyl (C=O) groups is 1. The van der Waals surface area contributed by atoms with Crippen molar-refractivity contribution in [3.8, 4) is 0 Å². The topological polar surface area (TPSA) is 30.7 Å². The minimum Gasteiger partial charge on any atom is -0.412 e. The van der Waals surface area contributed by atoms with Crippen LogP contribution < -0.4 is 4.89 Å². The number of ether oxygens (including phenoxy) is 1. The lowest BCUT2D eigenvalue weighted by molar-refractivity contribution is -0.877. The molecule has 0 fully saturated rings. The van der Waals surface area contributed by atoms with Gasteiger partial charge in [-0.1, -0.05) is 6.58 Å². The van der Waals surface area contributed by atoms with Crippen molar-refractivity contribution in [2.75, 3.05) is 20.8 Å². The van der Waals surface area contributed by atoms with Crippen LogP contribution in [0.25, 0.3) is 0 Å². The van der Waals surface area contributed by atoms with Crippen LogP contribution in [0.15, 0.2) is 12.7 Å². The molecule has 52 valence electrons. The molecular formula is C6H12NO2+.